The van der Waals surface area contributed by atoms with Gasteiger partial charge in [-0.3, -0.25) is 4.90 Å². The van der Waals surface area contributed by atoms with Crippen LogP contribution in [0.1, 0.15) is 5.56 Å². The third-order valence-electron chi connectivity index (χ3n) is 3.65. The van der Waals surface area contributed by atoms with Crippen molar-refractivity contribution in [1.29, 1.82) is 0 Å². The summed E-state index contributed by atoms with van der Waals surface area (Å²) in [4.78, 5) is 2.40. The van der Waals surface area contributed by atoms with Crippen LogP contribution in [0, 0.1) is 0 Å². The number of methoxy groups -OCH3 is 2. The Kier molecular flexibility index (Phi) is 5.64. The first kappa shape index (κ1) is 15.1. The molecule has 0 amide bonds. The Hall–Kier alpha value is -1.30. The summed E-state index contributed by atoms with van der Waals surface area (Å²) in [5.41, 5.74) is 6.91. The summed E-state index contributed by atoms with van der Waals surface area (Å²) in [6.07, 6.45) is 1.16. The van der Waals surface area contributed by atoms with Crippen molar-refractivity contribution < 1.29 is 14.2 Å². The number of hydrogen-bond acceptors (Lipinski definition) is 5. The van der Waals surface area contributed by atoms with E-state index < -0.39 is 0 Å². The van der Waals surface area contributed by atoms with Crippen LogP contribution in [0.2, 0.25) is 0 Å². The molecule has 1 aliphatic heterocycles. The lowest BCUT2D eigenvalue weighted by molar-refractivity contribution is -0.0226. The molecule has 1 aromatic carbocycles. The average molecular weight is 280 g/mol. The van der Waals surface area contributed by atoms with Crippen LogP contribution >= 0.6 is 0 Å². The summed E-state index contributed by atoms with van der Waals surface area (Å²) < 4.78 is 16.1. The van der Waals surface area contributed by atoms with E-state index >= 15 is 0 Å². The van der Waals surface area contributed by atoms with E-state index in [4.69, 9.17) is 19.9 Å². The molecule has 0 spiro atoms. The van der Waals surface area contributed by atoms with Gasteiger partial charge < -0.3 is 19.9 Å². The third-order valence-corrected chi connectivity index (χ3v) is 3.65. The van der Waals surface area contributed by atoms with Gasteiger partial charge in [-0.1, -0.05) is 6.07 Å². The van der Waals surface area contributed by atoms with Crippen molar-refractivity contribution in [3.05, 3.63) is 23.8 Å². The van der Waals surface area contributed by atoms with Crippen LogP contribution in [0.25, 0.3) is 0 Å². The van der Waals surface area contributed by atoms with Crippen LogP contribution in [-0.4, -0.2) is 58.0 Å². The first-order valence-corrected chi connectivity index (χ1v) is 7.01. The van der Waals surface area contributed by atoms with Gasteiger partial charge in [-0.25, -0.2) is 0 Å². The zero-order valence-electron chi connectivity index (χ0n) is 12.3. The second-order valence-electron chi connectivity index (χ2n) is 4.97. The average Bonchev–Trinajstić information content (AvgIpc) is 2.52. The van der Waals surface area contributed by atoms with Crippen molar-refractivity contribution in [3.63, 3.8) is 0 Å². The number of benzene rings is 1. The Morgan fingerprint density at radius 2 is 2.10 bits per heavy atom. The van der Waals surface area contributed by atoms with E-state index in [1.54, 1.807) is 14.2 Å². The molecule has 0 bridgehead atoms. The highest BCUT2D eigenvalue weighted by atomic mass is 16.5. The standard InChI is InChI=1S/C15H24N2O3/c1-18-14-4-3-12(9-15(14)19-2)5-6-17-7-8-20-13(10-16)11-17/h3-4,9,13H,5-8,10-11,16H2,1-2H3. The first-order chi connectivity index (χ1) is 9.76. The highest BCUT2D eigenvalue weighted by Crippen LogP contribution is 2.27. The van der Waals surface area contributed by atoms with Gasteiger partial charge in [0.2, 0.25) is 0 Å². The number of morpholine rings is 1. The van der Waals surface area contributed by atoms with E-state index in [9.17, 15) is 0 Å². The molecule has 1 atom stereocenters. The molecule has 1 saturated heterocycles. The molecule has 1 aliphatic rings. The Labute approximate surface area is 120 Å². The largest absolute Gasteiger partial charge is 0.493 e. The predicted molar refractivity (Wildman–Crippen MR) is 78.5 cm³/mol. The Balaban J connectivity index is 1.90. The summed E-state index contributed by atoms with van der Waals surface area (Å²) >= 11 is 0. The van der Waals surface area contributed by atoms with Gasteiger partial charge in [0.25, 0.3) is 0 Å². The lowest BCUT2D eigenvalue weighted by Gasteiger charge is -2.32. The van der Waals surface area contributed by atoms with Crippen LogP contribution in [0.3, 0.4) is 0 Å². The lowest BCUT2D eigenvalue weighted by Crippen LogP contribution is -2.46. The fraction of sp³-hybridized carbons (Fsp3) is 0.600. The first-order valence-electron chi connectivity index (χ1n) is 7.01. The van der Waals surface area contributed by atoms with Gasteiger partial charge in [0.05, 0.1) is 26.9 Å². The lowest BCUT2D eigenvalue weighted by atomic mass is 10.1. The normalized spacial score (nSPS) is 19.9. The van der Waals surface area contributed by atoms with Gasteiger partial charge in [0.1, 0.15) is 0 Å². The molecule has 2 rings (SSSR count). The third kappa shape index (κ3) is 3.85. The summed E-state index contributed by atoms with van der Waals surface area (Å²) in [7, 11) is 3.31. The minimum Gasteiger partial charge on any atom is -0.493 e. The van der Waals surface area contributed by atoms with Gasteiger partial charge in [-0.15, -0.1) is 0 Å². The predicted octanol–water partition coefficient (Wildman–Crippen LogP) is 0.906. The smallest absolute Gasteiger partial charge is 0.160 e. The number of hydrogen-bond donors (Lipinski definition) is 1. The molecular weight excluding hydrogens is 256 g/mol. The number of nitrogens with two attached hydrogens (primary N) is 1. The van der Waals surface area contributed by atoms with E-state index in [-0.39, 0.29) is 6.10 Å². The molecule has 1 unspecified atom stereocenters. The van der Waals surface area contributed by atoms with Crippen molar-refractivity contribution >= 4 is 0 Å². The summed E-state index contributed by atoms with van der Waals surface area (Å²) in [5.74, 6) is 1.55. The summed E-state index contributed by atoms with van der Waals surface area (Å²) in [5, 5.41) is 0. The maximum atomic E-state index is 5.66. The number of rotatable bonds is 6. The number of ether oxygens (including phenoxy) is 3. The molecule has 20 heavy (non-hydrogen) atoms. The number of nitrogens with zero attached hydrogens (tertiary/aromatic N) is 1. The fourth-order valence-corrected chi connectivity index (χ4v) is 2.45. The SMILES string of the molecule is COc1ccc(CCN2CCOC(CN)C2)cc1OC. The van der Waals surface area contributed by atoms with Crippen molar-refractivity contribution in [1.82, 2.24) is 4.90 Å². The van der Waals surface area contributed by atoms with E-state index in [2.05, 4.69) is 11.0 Å². The molecular formula is C15H24N2O3. The van der Waals surface area contributed by atoms with E-state index in [0.717, 1.165) is 44.2 Å². The van der Waals surface area contributed by atoms with Crippen LogP contribution in [0.4, 0.5) is 0 Å². The molecule has 1 aromatic rings. The van der Waals surface area contributed by atoms with Gasteiger partial charge >= 0.3 is 0 Å². The van der Waals surface area contributed by atoms with Crippen molar-refractivity contribution in [2.24, 2.45) is 5.73 Å². The monoisotopic (exact) mass is 280 g/mol. The van der Waals surface area contributed by atoms with Gasteiger partial charge in [0, 0.05) is 26.2 Å². The second-order valence-corrected chi connectivity index (χ2v) is 4.97. The van der Waals surface area contributed by atoms with Crippen molar-refractivity contribution in [3.8, 4) is 11.5 Å². The van der Waals surface area contributed by atoms with Crippen LogP contribution in [0.15, 0.2) is 18.2 Å². The minimum atomic E-state index is 0.175. The molecule has 0 aromatic heterocycles. The molecule has 112 valence electrons. The maximum absolute atomic E-state index is 5.66. The topological polar surface area (TPSA) is 57.0 Å². The highest BCUT2D eigenvalue weighted by Gasteiger charge is 2.18. The minimum absolute atomic E-state index is 0.175. The Morgan fingerprint density at radius 3 is 2.80 bits per heavy atom. The molecule has 5 nitrogen and oxygen atoms in total. The quantitative estimate of drug-likeness (QED) is 0.839. The van der Waals surface area contributed by atoms with Gasteiger partial charge in [0.15, 0.2) is 11.5 Å². The van der Waals surface area contributed by atoms with E-state index in [1.807, 2.05) is 12.1 Å². The molecule has 1 heterocycles. The zero-order valence-corrected chi connectivity index (χ0v) is 12.3. The summed E-state index contributed by atoms with van der Waals surface area (Å²) in [6.45, 7) is 4.27. The van der Waals surface area contributed by atoms with Crippen molar-refractivity contribution in [2.75, 3.05) is 47.0 Å². The molecule has 5 heteroatoms. The Bertz CT molecular complexity index is 426. The Morgan fingerprint density at radius 1 is 1.30 bits per heavy atom. The highest BCUT2D eigenvalue weighted by molar-refractivity contribution is 5.42. The molecule has 1 fully saturated rings. The van der Waals surface area contributed by atoms with E-state index in [1.165, 1.54) is 5.56 Å². The maximum Gasteiger partial charge on any atom is 0.160 e. The second kappa shape index (κ2) is 7.47. The molecule has 0 aliphatic carbocycles. The van der Waals surface area contributed by atoms with Crippen LogP contribution in [-0.2, 0) is 11.2 Å². The van der Waals surface area contributed by atoms with Crippen LogP contribution in [0.5, 0.6) is 11.5 Å². The zero-order chi connectivity index (χ0) is 14.4. The van der Waals surface area contributed by atoms with Gasteiger partial charge in [-0.2, -0.15) is 0 Å². The van der Waals surface area contributed by atoms with Crippen molar-refractivity contribution in [2.45, 2.75) is 12.5 Å². The van der Waals surface area contributed by atoms with Gasteiger partial charge in [-0.05, 0) is 24.1 Å². The van der Waals surface area contributed by atoms with Crippen LogP contribution < -0.4 is 15.2 Å². The fourth-order valence-electron chi connectivity index (χ4n) is 2.45. The molecule has 0 radical (unpaired) electrons. The molecule has 0 saturated carbocycles. The summed E-state index contributed by atoms with van der Waals surface area (Å²) in [6, 6.07) is 6.08. The molecule has 2 N–H and O–H groups in total. The van der Waals surface area contributed by atoms with E-state index in [0.29, 0.717) is 6.54 Å².